The monoisotopic (exact) mass is 380 g/mol. The van der Waals surface area contributed by atoms with Crippen molar-refractivity contribution in [3.63, 3.8) is 0 Å². The van der Waals surface area contributed by atoms with E-state index < -0.39 is 6.10 Å². The van der Waals surface area contributed by atoms with E-state index in [9.17, 15) is 9.90 Å². The summed E-state index contributed by atoms with van der Waals surface area (Å²) in [5, 5.41) is 16.9. The molecule has 0 saturated heterocycles. The Labute approximate surface area is 159 Å². The van der Waals surface area contributed by atoms with Gasteiger partial charge in [-0.2, -0.15) is 0 Å². The van der Waals surface area contributed by atoms with Crippen molar-refractivity contribution < 1.29 is 18.8 Å². The van der Waals surface area contributed by atoms with Gasteiger partial charge in [0.2, 0.25) is 0 Å². The third kappa shape index (κ3) is 3.84. The normalized spacial score (nSPS) is 12.0. The minimum Gasteiger partial charge on any atom is -0.466 e. The van der Waals surface area contributed by atoms with Crippen LogP contribution in [0.15, 0.2) is 75.9 Å². The van der Waals surface area contributed by atoms with Crippen LogP contribution in [0.1, 0.15) is 32.1 Å². The highest BCUT2D eigenvalue weighted by atomic mass is 32.1. The maximum absolute atomic E-state index is 12.3. The third-order valence-corrected chi connectivity index (χ3v) is 5.13. The maximum atomic E-state index is 12.3. The van der Waals surface area contributed by atoms with E-state index in [4.69, 9.17) is 8.94 Å². The highest BCUT2D eigenvalue weighted by Gasteiger charge is 2.17. The van der Waals surface area contributed by atoms with Crippen molar-refractivity contribution in [2.24, 2.45) is 0 Å². The maximum Gasteiger partial charge on any atom is 0.273 e. The molecule has 0 aliphatic carbocycles. The van der Waals surface area contributed by atoms with Crippen molar-refractivity contribution >= 4 is 17.2 Å². The molecule has 4 aromatic rings. The van der Waals surface area contributed by atoms with E-state index in [0.717, 1.165) is 15.3 Å². The lowest BCUT2D eigenvalue weighted by atomic mass is 10.1. The van der Waals surface area contributed by atoms with Crippen molar-refractivity contribution in [1.82, 2.24) is 10.5 Å². The fourth-order valence-electron chi connectivity index (χ4n) is 2.60. The number of rotatable bonds is 6. The van der Waals surface area contributed by atoms with Gasteiger partial charge in [-0.05, 0) is 24.3 Å². The number of nitrogens with zero attached hydrogens (tertiary/aromatic N) is 1. The summed E-state index contributed by atoms with van der Waals surface area (Å²) in [6.07, 6.45) is 0.716. The van der Waals surface area contributed by atoms with Crippen LogP contribution in [-0.4, -0.2) is 16.2 Å². The van der Waals surface area contributed by atoms with Gasteiger partial charge in [0.1, 0.15) is 11.9 Å². The van der Waals surface area contributed by atoms with E-state index in [2.05, 4.69) is 10.5 Å². The molecule has 0 aliphatic rings. The number of amides is 1. The van der Waals surface area contributed by atoms with Crippen molar-refractivity contribution in [2.75, 3.05) is 0 Å². The lowest BCUT2D eigenvalue weighted by molar-refractivity contribution is 0.0942. The summed E-state index contributed by atoms with van der Waals surface area (Å²) in [5.41, 5.74) is 1.08. The zero-order chi connectivity index (χ0) is 18.6. The summed E-state index contributed by atoms with van der Waals surface area (Å²) in [6.45, 7) is 0.335. The van der Waals surface area contributed by atoms with E-state index in [0.29, 0.717) is 18.1 Å². The van der Waals surface area contributed by atoms with Crippen LogP contribution >= 0.6 is 11.3 Å². The molecule has 7 heteroatoms. The summed E-state index contributed by atoms with van der Waals surface area (Å²) < 4.78 is 10.5. The van der Waals surface area contributed by atoms with Crippen molar-refractivity contribution in [3.05, 3.63) is 88.1 Å². The first-order valence-electron chi connectivity index (χ1n) is 8.31. The minimum atomic E-state index is -0.807. The molecule has 3 heterocycles. The molecule has 6 nitrogen and oxygen atoms in total. The molecule has 136 valence electrons. The van der Waals surface area contributed by atoms with Gasteiger partial charge >= 0.3 is 0 Å². The van der Waals surface area contributed by atoms with Gasteiger partial charge in [0, 0.05) is 21.4 Å². The number of benzene rings is 1. The Bertz CT molecular complexity index is 1020. The molecule has 0 aliphatic heterocycles. The quantitative estimate of drug-likeness (QED) is 0.528. The number of carbonyl (C=O) groups excluding carboxylic acids is 1. The number of thiophene rings is 1. The van der Waals surface area contributed by atoms with E-state index in [1.54, 1.807) is 18.2 Å². The molecule has 0 bridgehead atoms. The summed E-state index contributed by atoms with van der Waals surface area (Å²) >= 11 is 1.41. The van der Waals surface area contributed by atoms with Gasteiger partial charge in [0.05, 0.1) is 12.8 Å². The minimum absolute atomic E-state index is 0.223. The first-order chi connectivity index (χ1) is 13.2. The van der Waals surface area contributed by atoms with Crippen LogP contribution in [0.5, 0.6) is 0 Å². The highest BCUT2D eigenvalue weighted by molar-refractivity contribution is 7.12. The van der Waals surface area contributed by atoms with E-state index in [1.807, 2.05) is 42.5 Å². The van der Waals surface area contributed by atoms with Crippen LogP contribution in [-0.2, 0) is 6.54 Å². The molecule has 0 radical (unpaired) electrons. The van der Waals surface area contributed by atoms with E-state index in [-0.39, 0.29) is 11.6 Å². The topological polar surface area (TPSA) is 88.5 Å². The Kier molecular flexibility index (Phi) is 4.86. The summed E-state index contributed by atoms with van der Waals surface area (Å²) in [7, 11) is 0. The van der Waals surface area contributed by atoms with Crippen LogP contribution in [0.2, 0.25) is 0 Å². The molecule has 1 aromatic carbocycles. The molecule has 4 rings (SSSR count). The fourth-order valence-corrected chi connectivity index (χ4v) is 3.55. The van der Waals surface area contributed by atoms with Crippen molar-refractivity contribution in [2.45, 2.75) is 12.6 Å². The molecule has 1 amide bonds. The molecule has 1 atom stereocenters. The number of furan rings is 1. The van der Waals surface area contributed by atoms with Gasteiger partial charge in [-0.15, -0.1) is 11.3 Å². The summed E-state index contributed by atoms with van der Waals surface area (Å²) in [5.74, 6) is 0.715. The van der Waals surface area contributed by atoms with Gasteiger partial charge < -0.3 is 19.4 Å². The molecule has 0 fully saturated rings. The van der Waals surface area contributed by atoms with Crippen LogP contribution in [0.25, 0.3) is 11.3 Å². The predicted octanol–water partition coefficient (Wildman–Crippen LogP) is 4.01. The molecular formula is C20H16N2O4S. The highest BCUT2D eigenvalue weighted by Crippen LogP contribution is 2.28. The second kappa shape index (κ2) is 7.61. The molecule has 0 spiro atoms. The Hall–Kier alpha value is -3.16. The smallest absolute Gasteiger partial charge is 0.273 e. The standard InChI is InChI=1S/C20H16N2O4S/c23-19(16-7-4-10-25-16)18-9-8-14(27-18)12-21-20(24)15-11-17(26-22-15)13-5-2-1-3-6-13/h1-11,19,23H,12H2,(H,21,24). The Morgan fingerprint density at radius 3 is 2.78 bits per heavy atom. The van der Waals surface area contributed by atoms with Gasteiger partial charge in [0.15, 0.2) is 11.5 Å². The zero-order valence-corrected chi connectivity index (χ0v) is 15.0. The van der Waals surface area contributed by atoms with Crippen LogP contribution in [0.3, 0.4) is 0 Å². The number of hydrogen-bond acceptors (Lipinski definition) is 6. The number of aromatic nitrogens is 1. The number of aliphatic hydroxyl groups excluding tert-OH is 1. The fraction of sp³-hybridized carbons (Fsp3) is 0.100. The van der Waals surface area contributed by atoms with Gasteiger partial charge in [-0.25, -0.2) is 0 Å². The van der Waals surface area contributed by atoms with Gasteiger partial charge in [0.25, 0.3) is 5.91 Å². The summed E-state index contributed by atoms with van der Waals surface area (Å²) in [4.78, 5) is 14.0. The number of nitrogens with one attached hydrogen (secondary N) is 1. The number of aliphatic hydroxyl groups is 1. The van der Waals surface area contributed by atoms with Gasteiger partial charge in [-0.3, -0.25) is 4.79 Å². The van der Waals surface area contributed by atoms with Crippen molar-refractivity contribution in [3.8, 4) is 11.3 Å². The molecule has 0 saturated carbocycles. The van der Waals surface area contributed by atoms with Crippen molar-refractivity contribution in [1.29, 1.82) is 0 Å². The lowest BCUT2D eigenvalue weighted by Crippen LogP contribution is -2.22. The molecule has 3 aromatic heterocycles. The molecule has 1 unspecified atom stereocenters. The summed E-state index contributed by atoms with van der Waals surface area (Å²) in [6, 6.07) is 18.2. The van der Waals surface area contributed by atoms with E-state index in [1.165, 1.54) is 17.6 Å². The van der Waals surface area contributed by atoms with Crippen LogP contribution in [0, 0.1) is 0 Å². The average Bonchev–Trinajstić information content (AvgIpc) is 3.48. The first-order valence-corrected chi connectivity index (χ1v) is 9.13. The van der Waals surface area contributed by atoms with Crippen LogP contribution in [0.4, 0.5) is 0 Å². The number of carbonyl (C=O) groups is 1. The third-order valence-electron chi connectivity index (χ3n) is 3.99. The second-order valence-electron chi connectivity index (χ2n) is 5.85. The predicted molar refractivity (Wildman–Crippen MR) is 100 cm³/mol. The Morgan fingerprint density at radius 1 is 1.15 bits per heavy atom. The lowest BCUT2D eigenvalue weighted by Gasteiger charge is -2.04. The first kappa shape index (κ1) is 17.3. The molecular weight excluding hydrogens is 364 g/mol. The molecule has 2 N–H and O–H groups in total. The average molecular weight is 380 g/mol. The largest absolute Gasteiger partial charge is 0.466 e. The zero-order valence-electron chi connectivity index (χ0n) is 14.2. The Morgan fingerprint density at radius 2 is 2.00 bits per heavy atom. The van der Waals surface area contributed by atoms with E-state index >= 15 is 0 Å². The van der Waals surface area contributed by atoms with Crippen LogP contribution < -0.4 is 5.32 Å². The molecule has 27 heavy (non-hydrogen) atoms. The Balaban J connectivity index is 1.38. The number of hydrogen-bond donors (Lipinski definition) is 2. The van der Waals surface area contributed by atoms with Gasteiger partial charge in [-0.1, -0.05) is 35.5 Å². The second-order valence-corrected chi connectivity index (χ2v) is 7.05. The SMILES string of the molecule is O=C(NCc1ccc(C(O)c2ccco2)s1)c1cc(-c2ccccc2)on1.